The molecule has 5 saturated heterocycles. The van der Waals surface area contributed by atoms with Gasteiger partial charge in [-0.1, -0.05) is 44.7 Å². The van der Waals surface area contributed by atoms with E-state index < -0.39 is 0 Å². The van der Waals surface area contributed by atoms with E-state index in [1.54, 1.807) is 18.2 Å². The quantitative estimate of drug-likeness (QED) is 0.122. The van der Waals surface area contributed by atoms with Gasteiger partial charge < -0.3 is 19.5 Å². The number of hydrogen-bond donors (Lipinski definition) is 6. The first-order chi connectivity index (χ1) is 34.6. The Labute approximate surface area is 431 Å². The van der Waals surface area contributed by atoms with Gasteiger partial charge in [-0.3, -0.25) is 24.9 Å². The number of hydrogen-bond acceptors (Lipinski definition) is 14. The Morgan fingerprint density at radius 2 is 1.77 bits per heavy atom. The van der Waals surface area contributed by atoms with Gasteiger partial charge in [0.2, 0.25) is 5.91 Å². The minimum Gasteiger partial charge on any atom is -0.493 e. The molecule has 6 N–H and O–H groups in total. The number of rotatable bonds is 12. The smallest absolute Gasteiger partial charge is 0.238 e. The number of ether oxygens (including phenoxy) is 3. The first-order valence-electron chi connectivity index (χ1n) is 27.6. The lowest BCUT2D eigenvalue weighted by Gasteiger charge is -2.50. The summed E-state index contributed by atoms with van der Waals surface area (Å²) in [5.74, 6) is 3.58. The molecule has 16 heteroatoms. The summed E-state index contributed by atoms with van der Waals surface area (Å²) in [5.41, 5.74) is 17.8. The maximum Gasteiger partial charge on any atom is 0.238 e. The third-order valence-corrected chi connectivity index (χ3v) is 20.5. The van der Waals surface area contributed by atoms with Crippen molar-refractivity contribution in [3.8, 4) is 17.6 Å². The van der Waals surface area contributed by atoms with Gasteiger partial charge in [0.25, 0.3) is 0 Å². The summed E-state index contributed by atoms with van der Waals surface area (Å²) in [5, 5.41) is 17.4. The van der Waals surface area contributed by atoms with Gasteiger partial charge >= 0.3 is 0 Å². The number of piperidine rings is 1. The Balaban J connectivity index is 0.680. The summed E-state index contributed by atoms with van der Waals surface area (Å²) in [6, 6.07) is 16.3. The molecule has 14 nitrogen and oxygen atoms in total. The van der Waals surface area contributed by atoms with Gasteiger partial charge in [-0.2, -0.15) is 5.26 Å². The van der Waals surface area contributed by atoms with E-state index in [-0.39, 0.29) is 54.4 Å². The third kappa shape index (κ3) is 10.4. The lowest BCUT2D eigenvalue weighted by Crippen LogP contribution is -2.67. The van der Waals surface area contributed by atoms with Crippen molar-refractivity contribution in [2.45, 2.75) is 189 Å². The van der Waals surface area contributed by atoms with Gasteiger partial charge in [-0.25, -0.2) is 21.7 Å². The number of carbonyl (C=O) groups is 1. The number of carbonyl (C=O) groups excluding carboxylic acids is 1. The van der Waals surface area contributed by atoms with E-state index >= 15 is 0 Å². The normalized spacial score (nSPS) is 39.1. The number of amides is 1. The first kappa shape index (κ1) is 50.2. The molecule has 9 aliphatic rings. The monoisotopic (exact) mass is 1010 g/mol. The fourth-order valence-electron chi connectivity index (χ4n) is 14.7. The summed E-state index contributed by atoms with van der Waals surface area (Å²) in [4.78, 5) is 24.9. The third-order valence-electron chi connectivity index (χ3n) is 18.6. The zero-order valence-electron chi connectivity index (χ0n) is 42.3. The van der Waals surface area contributed by atoms with Crippen LogP contribution in [0.4, 0.5) is 0 Å². The van der Waals surface area contributed by atoms with E-state index in [2.05, 4.69) is 105 Å². The lowest BCUT2D eigenvalue weighted by molar-refractivity contribution is -0.126. The predicted octanol–water partition coefficient (Wildman–Crippen LogP) is 7.82. The van der Waals surface area contributed by atoms with Crippen LogP contribution in [0, 0.1) is 40.4 Å². The second-order valence-electron chi connectivity index (χ2n) is 23.0. The number of aliphatic imine (C=N–C) groups is 1. The van der Waals surface area contributed by atoms with E-state index in [4.69, 9.17) is 30.8 Å². The number of nitrogens with one attached hydrogen (secondary N) is 6. The number of likely N-dealkylation sites (tertiary alicyclic amines) is 1. The van der Waals surface area contributed by atoms with Crippen molar-refractivity contribution in [1.82, 2.24) is 42.1 Å². The van der Waals surface area contributed by atoms with Crippen LogP contribution >= 0.6 is 23.4 Å². The summed E-state index contributed by atoms with van der Waals surface area (Å²) >= 11 is 8.38. The molecule has 12 atom stereocenters. The predicted molar refractivity (Wildman–Crippen MR) is 280 cm³/mol. The topological polar surface area (TPSA) is 160 Å². The Morgan fingerprint density at radius 3 is 2.52 bits per heavy atom. The maximum absolute atomic E-state index is 13.4. The van der Waals surface area contributed by atoms with Crippen LogP contribution in [0.3, 0.4) is 0 Å². The molecule has 1 amide bonds. The second kappa shape index (κ2) is 21.7. The molecule has 2 aromatic rings. The average Bonchev–Trinajstić information content (AvgIpc) is 4.18. The molecule has 0 aromatic heterocycles. The number of nitrogens with zero attached hydrogens (tertiary/aromatic N) is 4. The molecule has 386 valence electrons. The van der Waals surface area contributed by atoms with Crippen molar-refractivity contribution < 1.29 is 19.0 Å². The number of halogens is 1. The largest absolute Gasteiger partial charge is 0.493 e. The van der Waals surface area contributed by atoms with Crippen LogP contribution < -0.4 is 41.8 Å². The molecule has 71 heavy (non-hydrogen) atoms. The average molecular weight is 1010 g/mol. The number of thioether (sulfide) groups is 1. The number of fused-ring (bicyclic) bond motifs is 3. The Bertz CT molecular complexity index is 2240. The van der Waals surface area contributed by atoms with E-state index in [0.29, 0.717) is 56.0 Å². The van der Waals surface area contributed by atoms with Gasteiger partial charge in [-0.15, -0.1) is 11.8 Å². The highest BCUT2D eigenvalue weighted by Gasteiger charge is 2.63. The summed E-state index contributed by atoms with van der Waals surface area (Å²) in [6.45, 7) is 11.8. The zero-order chi connectivity index (χ0) is 48.7. The summed E-state index contributed by atoms with van der Waals surface area (Å²) in [7, 11) is 0. The Kier molecular flexibility index (Phi) is 15.3. The summed E-state index contributed by atoms with van der Waals surface area (Å²) in [6.07, 6.45) is 19.1. The Hall–Kier alpha value is -3.01. The van der Waals surface area contributed by atoms with Crippen LogP contribution in [0.2, 0.25) is 5.02 Å². The van der Waals surface area contributed by atoms with Gasteiger partial charge in [-0.05, 0) is 162 Å². The highest BCUT2D eigenvalue weighted by molar-refractivity contribution is 8.00. The van der Waals surface area contributed by atoms with Crippen LogP contribution in [0.1, 0.15) is 141 Å². The van der Waals surface area contributed by atoms with Crippen molar-refractivity contribution in [3.63, 3.8) is 0 Å². The van der Waals surface area contributed by atoms with Crippen molar-refractivity contribution in [2.75, 3.05) is 32.8 Å². The summed E-state index contributed by atoms with van der Waals surface area (Å²) < 4.78 is 19.1. The molecule has 3 aliphatic carbocycles. The molecule has 1 spiro atoms. The van der Waals surface area contributed by atoms with Gasteiger partial charge in [0.15, 0.2) is 0 Å². The van der Waals surface area contributed by atoms with Crippen molar-refractivity contribution >= 4 is 35.0 Å². The number of nitriles is 1. The van der Waals surface area contributed by atoms with Crippen molar-refractivity contribution in [2.24, 2.45) is 34.1 Å². The van der Waals surface area contributed by atoms with E-state index in [1.165, 1.54) is 75.5 Å². The van der Waals surface area contributed by atoms with Crippen LogP contribution in [-0.2, 0) is 9.53 Å². The van der Waals surface area contributed by atoms with Gasteiger partial charge in [0.1, 0.15) is 35.5 Å². The SMILES string of the molecule is CC1SC2C(C(c3ccc(OC[C@H]4CC[C@@]5(CCCN(C6CCC(C(=O)NC7CCC(Oc8ccc(C#N)c(Cl)c8)CC7)NN6)C5)C4)cc3)=N[C@@H](CC3NCCO3)C3(C4CCCCC4)NNC(C)N23)C1C. The second-order valence-corrected chi connectivity index (χ2v) is 24.9. The highest BCUT2D eigenvalue weighted by atomic mass is 35.5. The van der Waals surface area contributed by atoms with Crippen LogP contribution in [0.25, 0.3) is 0 Å². The van der Waals surface area contributed by atoms with E-state index in [0.717, 1.165) is 83.5 Å². The van der Waals surface area contributed by atoms with E-state index in [9.17, 15) is 10.1 Å². The molecule has 6 heterocycles. The Morgan fingerprint density at radius 1 is 0.958 bits per heavy atom. The first-order valence-corrected chi connectivity index (χ1v) is 28.9. The van der Waals surface area contributed by atoms with Gasteiger partial charge in [0.05, 0.1) is 53.7 Å². The van der Waals surface area contributed by atoms with Crippen molar-refractivity contribution in [3.05, 3.63) is 58.6 Å². The molecule has 0 radical (unpaired) electrons. The molecular weight excluding hydrogens is 932 g/mol. The maximum atomic E-state index is 13.4. The fourth-order valence-corrected chi connectivity index (χ4v) is 16.8. The number of hydrazine groups is 2. The molecule has 6 aliphatic heterocycles. The fraction of sp³-hybridized carbons (Fsp3) is 0.727. The lowest BCUT2D eigenvalue weighted by atomic mass is 9.74. The van der Waals surface area contributed by atoms with Crippen LogP contribution in [-0.4, -0.2) is 113 Å². The van der Waals surface area contributed by atoms with E-state index in [1.807, 2.05) is 0 Å². The molecule has 11 rings (SSSR count). The molecule has 9 unspecified atom stereocenters. The molecular formula is C55H79ClN10O4S. The minimum atomic E-state index is -0.276. The molecule has 3 saturated carbocycles. The molecule has 2 aromatic carbocycles. The van der Waals surface area contributed by atoms with Crippen LogP contribution in [0.15, 0.2) is 47.5 Å². The molecule has 8 fully saturated rings. The standard InChI is InChI=1S/C55H79ClN10O4S/c1-34-35(2)71-53-50(34)51(60-47(29-49-58-25-27-68-49)55(40-8-5-4-6-9-40)64-61-36(3)66(53)55)38-10-15-42(16-11-38)69-32-37-22-24-54(30-37)23-7-26-65(33-54)48-21-20-46(62-63-48)52(67)59-41-13-18-43(19-14-41)70-44-17-12-39(31-57)45(56)28-44/h10-12,15-17,28,34-37,40-41,43,46-50,53,58,61-64H,4-9,13-14,18-27,29-30,32-33H2,1-3H3,(H,59,67)/t34?,35?,36?,37-,41?,43?,46?,47-,48?,49?,50?,53?,54-,55?/m0/s1. The van der Waals surface area contributed by atoms with Gasteiger partial charge in [0, 0.05) is 48.5 Å². The minimum absolute atomic E-state index is 0.0114. The highest BCUT2D eigenvalue weighted by Crippen LogP contribution is 2.55. The zero-order valence-corrected chi connectivity index (χ0v) is 43.9. The number of benzene rings is 2. The van der Waals surface area contributed by atoms with Crippen molar-refractivity contribution in [1.29, 1.82) is 5.26 Å². The van der Waals surface area contributed by atoms with Crippen LogP contribution in [0.5, 0.6) is 11.5 Å². The molecule has 0 bridgehead atoms.